The summed E-state index contributed by atoms with van der Waals surface area (Å²) in [6.45, 7) is 0. The minimum atomic E-state index is -3.73. The fourth-order valence-corrected chi connectivity index (χ4v) is 2.29. The summed E-state index contributed by atoms with van der Waals surface area (Å²) in [7, 11) is -3.73. The molecule has 0 spiro atoms. The zero-order valence-electron chi connectivity index (χ0n) is 9.19. The molecule has 0 saturated carbocycles. The SMILES string of the molecule is CS(=O)(=O)O/N=C(\C#N)c1nc2ccccc2s1. The lowest BCUT2D eigenvalue weighted by atomic mass is 10.3. The van der Waals surface area contributed by atoms with Gasteiger partial charge < -0.3 is 0 Å². The minimum absolute atomic E-state index is 0.165. The van der Waals surface area contributed by atoms with Crippen molar-refractivity contribution in [1.82, 2.24) is 4.98 Å². The lowest BCUT2D eigenvalue weighted by Crippen LogP contribution is -2.02. The van der Waals surface area contributed by atoms with E-state index in [1.165, 1.54) is 11.3 Å². The maximum atomic E-state index is 10.8. The number of nitriles is 1. The summed E-state index contributed by atoms with van der Waals surface area (Å²) in [4.78, 5) is 4.17. The second-order valence-corrected chi connectivity index (χ2v) is 5.91. The van der Waals surface area contributed by atoms with Gasteiger partial charge in [-0.2, -0.15) is 13.7 Å². The van der Waals surface area contributed by atoms with E-state index >= 15 is 0 Å². The minimum Gasteiger partial charge on any atom is -0.267 e. The molecule has 18 heavy (non-hydrogen) atoms. The monoisotopic (exact) mass is 281 g/mol. The van der Waals surface area contributed by atoms with E-state index in [4.69, 9.17) is 5.26 Å². The van der Waals surface area contributed by atoms with Crippen LogP contribution in [-0.4, -0.2) is 25.4 Å². The molecule has 0 bridgehead atoms. The number of rotatable bonds is 3. The highest BCUT2D eigenvalue weighted by Gasteiger charge is 2.12. The Hall–Kier alpha value is -1.98. The Bertz CT molecular complexity index is 723. The van der Waals surface area contributed by atoms with Crippen LogP contribution >= 0.6 is 11.3 Å². The summed E-state index contributed by atoms with van der Waals surface area (Å²) in [6, 6.07) is 9.07. The number of nitrogens with zero attached hydrogens (tertiary/aromatic N) is 3. The van der Waals surface area contributed by atoms with Crippen molar-refractivity contribution in [3.63, 3.8) is 0 Å². The fourth-order valence-electron chi connectivity index (χ4n) is 1.19. The molecule has 0 N–H and O–H groups in total. The number of aromatic nitrogens is 1. The van der Waals surface area contributed by atoms with Gasteiger partial charge in [-0.05, 0) is 12.1 Å². The Morgan fingerprint density at radius 1 is 1.50 bits per heavy atom. The number of benzene rings is 1. The van der Waals surface area contributed by atoms with E-state index < -0.39 is 10.1 Å². The highest BCUT2D eigenvalue weighted by Crippen LogP contribution is 2.22. The molecular formula is C10H7N3O3S2. The second-order valence-electron chi connectivity index (χ2n) is 3.32. The Morgan fingerprint density at radius 3 is 2.83 bits per heavy atom. The molecule has 8 heteroatoms. The predicted octanol–water partition coefficient (Wildman–Crippen LogP) is 1.50. The van der Waals surface area contributed by atoms with Crippen molar-refractivity contribution in [2.24, 2.45) is 5.16 Å². The Labute approximate surface area is 107 Å². The zero-order chi connectivity index (χ0) is 13.2. The fraction of sp³-hybridized carbons (Fsp3) is 0.100. The number of para-hydroxylation sites is 1. The average Bonchev–Trinajstić information content (AvgIpc) is 2.71. The van der Waals surface area contributed by atoms with Crippen LogP contribution in [0.5, 0.6) is 0 Å². The normalized spacial score (nSPS) is 12.3. The van der Waals surface area contributed by atoms with Crippen molar-refractivity contribution >= 4 is 37.4 Å². The van der Waals surface area contributed by atoms with Crippen molar-refractivity contribution < 1.29 is 12.7 Å². The van der Waals surface area contributed by atoms with Gasteiger partial charge in [-0.1, -0.05) is 17.3 Å². The molecule has 0 radical (unpaired) electrons. The summed E-state index contributed by atoms with van der Waals surface area (Å²) >= 11 is 1.24. The van der Waals surface area contributed by atoms with Crippen LogP contribution in [0.1, 0.15) is 5.01 Å². The average molecular weight is 281 g/mol. The molecule has 0 amide bonds. The lowest BCUT2D eigenvalue weighted by molar-refractivity contribution is 0.344. The van der Waals surface area contributed by atoms with Gasteiger partial charge >= 0.3 is 10.1 Å². The second kappa shape index (κ2) is 4.72. The van der Waals surface area contributed by atoms with Crippen LogP contribution in [-0.2, 0) is 14.4 Å². The van der Waals surface area contributed by atoms with Gasteiger partial charge in [0.15, 0.2) is 5.01 Å². The van der Waals surface area contributed by atoms with Crippen LogP contribution in [0.4, 0.5) is 0 Å². The summed E-state index contributed by atoms with van der Waals surface area (Å²) < 4.78 is 26.7. The van der Waals surface area contributed by atoms with Crippen LogP contribution in [0.3, 0.4) is 0 Å². The molecule has 6 nitrogen and oxygen atoms in total. The molecule has 2 aromatic rings. The number of hydrogen-bond acceptors (Lipinski definition) is 7. The van der Waals surface area contributed by atoms with E-state index in [1.54, 1.807) is 12.1 Å². The van der Waals surface area contributed by atoms with E-state index in [-0.39, 0.29) is 5.71 Å². The third-order valence-corrected chi connectivity index (χ3v) is 3.25. The number of hydrogen-bond donors (Lipinski definition) is 0. The smallest absolute Gasteiger partial charge is 0.267 e. The summed E-state index contributed by atoms with van der Waals surface area (Å²) in [5, 5.41) is 12.5. The van der Waals surface area contributed by atoms with Crippen LogP contribution in [0.15, 0.2) is 29.4 Å². The van der Waals surface area contributed by atoms with Gasteiger partial charge in [0, 0.05) is 0 Å². The van der Waals surface area contributed by atoms with E-state index in [2.05, 4.69) is 14.4 Å². The molecule has 0 unspecified atom stereocenters. The van der Waals surface area contributed by atoms with Crippen molar-refractivity contribution in [2.75, 3.05) is 6.26 Å². The first-order chi connectivity index (χ1) is 8.49. The van der Waals surface area contributed by atoms with Crippen LogP contribution < -0.4 is 0 Å². The summed E-state index contributed by atoms with van der Waals surface area (Å²) in [5.41, 5.74) is 0.557. The van der Waals surface area contributed by atoms with Crippen LogP contribution in [0.2, 0.25) is 0 Å². The van der Waals surface area contributed by atoms with Crippen molar-refractivity contribution in [1.29, 1.82) is 5.26 Å². The Morgan fingerprint density at radius 2 is 2.22 bits per heavy atom. The Kier molecular flexibility index (Phi) is 3.27. The molecule has 0 aliphatic heterocycles. The standard InChI is InChI=1S/C10H7N3O3S2/c1-18(14,15)16-13-8(6-11)10-12-7-4-2-3-5-9(7)17-10/h2-5H,1H3/b13-8+. The van der Waals surface area contributed by atoms with E-state index in [0.29, 0.717) is 5.01 Å². The number of fused-ring (bicyclic) bond motifs is 1. The van der Waals surface area contributed by atoms with Gasteiger partial charge in [-0.15, -0.1) is 11.3 Å². The van der Waals surface area contributed by atoms with Gasteiger partial charge in [-0.25, -0.2) is 4.98 Å². The molecule has 1 heterocycles. The largest absolute Gasteiger partial charge is 0.325 e. The van der Waals surface area contributed by atoms with Crippen LogP contribution in [0.25, 0.3) is 10.2 Å². The number of thiazole rings is 1. The molecule has 2 rings (SSSR count). The van der Waals surface area contributed by atoms with Gasteiger partial charge in [0.05, 0.1) is 16.5 Å². The lowest BCUT2D eigenvalue weighted by Gasteiger charge is -1.93. The molecule has 0 aliphatic rings. The highest BCUT2D eigenvalue weighted by atomic mass is 32.2. The summed E-state index contributed by atoms with van der Waals surface area (Å²) in [5.74, 6) is 0. The van der Waals surface area contributed by atoms with Crippen molar-refractivity contribution in [2.45, 2.75) is 0 Å². The van der Waals surface area contributed by atoms with E-state index in [1.807, 2.05) is 18.2 Å². The van der Waals surface area contributed by atoms with Gasteiger partial charge in [-0.3, -0.25) is 4.28 Å². The summed E-state index contributed by atoms with van der Waals surface area (Å²) in [6.07, 6.45) is 0.851. The molecular weight excluding hydrogens is 274 g/mol. The molecule has 0 aliphatic carbocycles. The Balaban J connectivity index is 2.42. The van der Waals surface area contributed by atoms with Gasteiger partial charge in [0.1, 0.15) is 6.07 Å². The maximum absolute atomic E-state index is 10.8. The first kappa shape index (κ1) is 12.5. The highest BCUT2D eigenvalue weighted by molar-refractivity contribution is 7.85. The molecule has 1 aromatic carbocycles. The molecule has 0 fully saturated rings. The van der Waals surface area contributed by atoms with Crippen molar-refractivity contribution in [3.05, 3.63) is 29.3 Å². The molecule has 92 valence electrons. The number of oxime groups is 1. The molecule has 0 atom stereocenters. The molecule has 1 aromatic heterocycles. The van der Waals surface area contributed by atoms with Crippen LogP contribution in [0, 0.1) is 11.3 Å². The predicted molar refractivity (Wildman–Crippen MR) is 67.7 cm³/mol. The maximum Gasteiger partial charge on any atom is 0.325 e. The topological polar surface area (TPSA) is 92.4 Å². The van der Waals surface area contributed by atoms with E-state index in [0.717, 1.165) is 16.5 Å². The third kappa shape index (κ3) is 2.82. The zero-order valence-corrected chi connectivity index (χ0v) is 10.8. The van der Waals surface area contributed by atoms with Crippen molar-refractivity contribution in [3.8, 4) is 6.07 Å². The van der Waals surface area contributed by atoms with Gasteiger partial charge in [0.25, 0.3) is 0 Å². The van der Waals surface area contributed by atoms with E-state index in [9.17, 15) is 8.42 Å². The first-order valence-corrected chi connectivity index (χ1v) is 7.35. The molecule has 0 saturated heterocycles. The quantitative estimate of drug-likeness (QED) is 0.628. The third-order valence-electron chi connectivity index (χ3n) is 1.87. The van der Waals surface area contributed by atoms with Gasteiger partial charge in [0.2, 0.25) is 5.71 Å². The first-order valence-electron chi connectivity index (χ1n) is 4.72.